The minimum atomic E-state index is -0.843. The number of carboxylic acids is 1. The second kappa shape index (κ2) is 10.2. The van der Waals surface area contributed by atoms with Crippen molar-refractivity contribution in [2.75, 3.05) is 18.5 Å². The Bertz CT molecular complexity index is 550. The molecule has 22 heavy (non-hydrogen) atoms. The summed E-state index contributed by atoms with van der Waals surface area (Å²) in [6, 6.07) is 5.33. The van der Waals surface area contributed by atoms with Crippen LogP contribution >= 0.6 is 0 Å². The van der Waals surface area contributed by atoms with Crippen molar-refractivity contribution in [1.29, 1.82) is 0 Å². The van der Waals surface area contributed by atoms with Gasteiger partial charge in [-0.25, -0.2) is 0 Å². The molecule has 0 aliphatic rings. The van der Waals surface area contributed by atoms with Gasteiger partial charge in [-0.3, -0.25) is 9.59 Å². The van der Waals surface area contributed by atoms with Crippen molar-refractivity contribution >= 4 is 17.6 Å². The van der Waals surface area contributed by atoms with Gasteiger partial charge in [0.25, 0.3) is 0 Å². The third-order valence-electron chi connectivity index (χ3n) is 2.61. The monoisotopic (exact) mass is 306 g/mol. The Labute approximate surface area is 130 Å². The van der Waals surface area contributed by atoms with Crippen molar-refractivity contribution < 1.29 is 19.4 Å². The number of carbonyl (C=O) groups excluding carboxylic acids is 1. The minimum absolute atomic E-state index is 0.00995. The van der Waals surface area contributed by atoms with E-state index in [1.54, 1.807) is 6.92 Å². The predicted octanol–water partition coefficient (Wildman–Crippen LogP) is 1.31. The van der Waals surface area contributed by atoms with Crippen molar-refractivity contribution in [1.82, 2.24) is 0 Å². The predicted molar refractivity (Wildman–Crippen MR) is 85.5 cm³/mol. The van der Waals surface area contributed by atoms with Crippen molar-refractivity contribution in [3.05, 3.63) is 29.3 Å². The summed E-state index contributed by atoms with van der Waals surface area (Å²) in [5.74, 6) is 0.822. The van der Waals surface area contributed by atoms with Crippen LogP contribution in [-0.2, 0) is 14.3 Å². The second-order valence-corrected chi connectivity index (χ2v) is 4.59. The average molecular weight is 306 g/mol. The van der Waals surface area contributed by atoms with Crippen LogP contribution in [0.2, 0.25) is 0 Å². The van der Waals surface area contributed by atoms with E-state index in [0.29, 0.717) is 0 Å². The summed E-state index contributed by atoms with van der Waals surface area (Å²) in [6.45, 7) is 5.50. The number of aryl methyl sites for hydroxylation is 2. The highest BCUT2D eigenvalue weighted by Crippen LogP contribution is 2.16. The van der Waals surface area contributed by atoms with Crippen LogP contribution in [0, 0.1) is 26.2 Å². The number of esters is 1. The van der Waals surface area contributed by atoms with Crippen LogP contribution in [0.3, 0.4) is 0 Å². The quantitative estimate of drug-likeness (QED) is 0.560. The third kappa shape index (κ3) is 7.92. The Balaban J connectivity index is 0.000000472. The van der Waals surface area contributed by atoms with Gasteiger partial charge in [-0.15, -0.1) is 6.42 Å². The molecule has 1 aromatic rings. The molecule has 0 bridgehead atoms. The lowest BCUT2D eigenvalue weighted by Gasteiger charge is -2.13. The van der Waals surface area contributed by atoms with Gasteiger partial charge in [-0.2, -0.15) is 0 Å². The molecule has 0 spiro atoms. The van der Waals surface area contributed by atoms with E-state index >= 15 is 0 Å². The van der Waals surface area contributed by atoms with Gasteiger partial charge in [0.05, 0.1) is 6.54 Å². The molecular weight excluding hydrogens is 284 g/mol. The van der Waals surface area contributed by atoms with Crippen LogP contribution in [0.25, 0.3) is 0 Å². The van der Waals surface area contributed by atoms with Gasteiger partial charge in [0, 0.05) is 5.69 Å². The molecule has 0 fully saturated rings. The number of aliphatic carboxylic acids is 1. The molecule has 0 aromatic heterocycles. The Hall–Kier alpha value is -2.52. The fourth-order valence-electron chi connectivity index (χ4n) is 1.45. The number of anilines is 1. The fourth-order valence-corrected chi connectivity index (χ4v) is 1.45. The van der Waals surface area contributed by atoms with Gasteiger partial charge in [0.2, 0.25) is 0 Å². The molecule has 6 nitrogen and oxygen atoms in total. The Kier molecular flexibility index (Phi) is 9.07. The van der Waals surface area contributed by atoms with Crippen LogP contribution in [0.1, 0.15) is 18.1 Å². The summed E-state index contributed by atoms with van der Waals surface area (Å²) in [4.78, 5) is 20.7. The second-order valence-electron chi connectivity index (χ2n) is 4.59. The van der Waals surface area contributed by atoms with Crippen molar-refractivity contribution in [3.8, 4) is 12.3 Å². The third-order valence-corrected chi connectivity index (χ3v) is 2.61. The minimum Gasteiger partial charge on any atom is -0.480 e. The number of hydrogen-bond donors (Lipinski definition) is 3. The molecule has 4 N–H and O–H groups in total. The fraction of sp³-hybridized carbons (Fsp3) is 0.375. The number of benzene rings is 1. The molecule has 1 rings (SSSR count). The molecular formula is C16H22N2O4. The topological polar surface area (TPSA) is 102 Å². The van der Waals surface area contributed by atoms with Crippen molar-refractivity contribution in [2.45, 2.75) is 26.8 Å². The molecule has 0 unspecified atom stereocenters. The summed E-state index contributed by atoms with van der Waals surface area (Å²) in [7, 11) is 0. The van der Waals surface area contributed by atoms with E-state index < -0.39 is 18.0 Å². The molecule has 0 saturated carbocycles. The molecule has 120 valence electrons. The molecule has 0 radical (unpaired) electrons. The van der Waals surface area contributed by atoms with E-state index in [1.807, 2.05) is 32.0 Å². The van der Waals surface area contributed by atoms with Crippen molar-refractivity contribution in [2.24, 2.45) is 5.73 Å². The Morgan fingerprint density at radius 2 is 2.09 bits per heavy atom. The zero-order valence-corrected chi connectivity index (χ0v) is 13.1. The van der Waals surface area contributed by atoms with E-state index in [0.717, 1.165) is 11.3 Å². The lowest BCUT2D eigenvalue weighted by molar-refractivity contribution is -0.140. The highest BCUT2D eigenvalue weighted by atomic mass is 16.5. The Morgan fingerprint density at radius 3 is 2.55 bits per heavy atom. The van der Waals surface area contributed by atoms with Crippen LogP contribution in [0.4, 0.5) is 5.69 Å². The van der Waals surface area contributed by atoms with E-state index in [4.69, 9.17) is 17.3 Å². The van der Waals surface area contributed by atoms with Gasteiger partial charge >= 0.3 is 11.9 Å². The Morgan fingerprint density at radius 1 is 1.45 bits per heavy atom. The maximum atomic E-state index is 10.6. The summed E-state index contributed by atoms with van der Waals surface area (Å²) < 4.78 is 4.34. The number of rotatable bonds is 5. The summed E-state index contributed by atoms with van der Waals surface area (Å²) >= 11 is 0. The highest BCUT2D eigenvalue weighted by Gasteiger charge is 2.10. The maximum Gasteiger partial charge on any atom is 0.325 e. The zero-order chi connectivity index (χ0) is 17.1. The van der Waals surface area contributed by atoms with E-state index in [9.17, 15) is 9.59 Å². The normalized spacial score (nSPS) is 10.5. The van der Waals surface area contributed by atoms with Crippen LogP contribution in [-0.4, -0.2) is 36.2 Å². The molecule has 0 saturated heterocycles. The molecule has 0 amide bonds. The number of terminal acetylenes is 1. The number of nitrogens with two attached hydrogens (primary N) is 1. The van der Waals surface area contributed by atoms with Crippen LogP contribution in [0.15, 0.2) is 18.2 Å². The van der Waals surface area contributed by atoms with Gasteiger partial charge < -0.3 is 20.9 Å². The maximum absolute atomic E-state index is 10.6. The smallest absolute Gasteiger partial charge is 0.325 e. The van der Waals surface area contributed by atoms with Crippen LogP contribution in [0.5, 0.6) is 0 Å². The standard InChI is InChI=1S/C11H15NO2.C5H7NO2/c1-7-4-5-10(8(2)6-7)12-9(3)11(13)14;1-2-3-8-5(7)4-6/h4-6,9,12H,1-3H3,(H,13,14);1H,3-4,6H2/t9-;/m0./s1. The first-order valence-corrected chi connectivity index (χ1v) is 6.67. The highest BCUT2D eigenvalue weighted by molar-refractivity contribution is 5.77. The van der Waals surface area contributed by atoms with Crippen molar-refractivity contribution in [3.63, 3.8) is 0 Å². The summed E-state index contributed by atoms with van der Waals surface area (Å²) in [6.07, 6.45) is 4.76. The zero-order valence-electron chi connectivity index (χ0n) is 13.1. The number of carbonyl (C=O) groups is 2. The summed E-state index contributed by atoms with van der Waals surface area (Å²) in [5.41, 5.74) is 7.99. The van der Waals surface area contributed by atoms with E-state index in [1.165, 1.54) is 5.56 Å². The van der Waals surface area contributed by atoms with Gasteiger partial charge in [0.1, 0.15) is 6.04 Å². The number of carboxylic acid groups (broad SMARTS) is 1. The number of nitrogens with one attached hydrogen (secondary N) is 1. The first-order chi connectivity index (χ1) is 10.3. The molecule has 1 atom stereocenters. The molecule has 0 aliphatic carbocycles. The number of hydrogen-bond acceptors (Lipinski definition) is 5. The van der Waals surface area contributed by atoms with Gasteiger partial charge in [-0.1, -0.05) is 23.6 Å². The van der Waals surface area contributed by atoms with Gasteiger partial charge in [0.15, 0.2) is 6.61 Å². The SMILES string of the molecule is C#CCOC(=O)CN.Cc1ccc(N[C@@H](C)C(=O)O)c(C)c1. The molecule has 6 heteroatoms. The van der Waals surface area contributed by atoms with E-state index in [2.05, 4.69) is 16.0 Å². The van der Waals surface area contributed by atoms with Crippen LogP contribution < -0.4 is 11.1 Å². The first kappa shape index (κ1) is 19.5. The first-order valence-electron chi connectivity index (χ1n) is 6.67. The van der Waals surface area contributed by atoms with Gasteiger partial charge in [-0.05, 0) is 32.4 Å². The summed E-state index contributed by atoms with van der Waals surface area (Å²) in [5, 5.41) is 11.7. The lowest BCUT2D eigenvalue weighted by atomic mass is 10.1. The van der Waals surface area contributed by atoms with E-state index in [-0.39, 0.29) is 13.2 Å². The number of ether oxygens (including phenoxy) is 1. The largest absolute Gasteiger partial charge is 0.480 e. The molecule has 1 aromatic carbocycles. The average Bonchev–Trinajstić information content (AvgIpc) is 2.48. The molecule has 0 heterocycles. The molecule has 0 aliphatic heterocycles. The lowest BCUT2D eigenvalue weighted by Crippen LogP contribution is -2.25.